The zero-order valence-corrected chi connectivity index (χ0v) is 17.5. The van der Waals surface area contributed by atoms with Crippen LogP contribution in [-0.4, -0.2) is 39.3 Å². The molecule has 1 aromatic heterocycles. The van der Waals surface area contributed by atoms with Gasteiger partial charge in [0, 0.05) is 37.1 Å². The van der Waals surface area contributed by atoms with Crippen LogP contribution in [0.25, 0.3) is 0 Å². The number of ether oxygens (including phenoxy) is 1. The normalized spacial score (nSPS) is 24.0. The van der Waals surface area contributed by atoms with E-state index in [1.165, 1.54) is 0 Å². The van der Waals surface area contributed by atoms with Crippen molar-refractivity contribution in [2.75, 3.05) is 11.9 Å². The summed E-state index contributed by atoms with van der Waals surface area (Å²) < 4.78 is 5.64. The van der Waals surface area contributed by atoms with Gasteiger partial charge in [-0.2, -0.15) is 0 Å². The number of nitrogens with one attached hydrogen (secondary N) is 1. The summed E-state index contributed by atoms with van der Waals surface area (Å²) in [5, 5.41) is 2.99. The van der Waals surface area contributed by atoms with E-state index in [2.05, 4.69) is 22.2 Å². The standard InChI is InChI=1S/C23H28N4O3/c1-15-4-6-18(7-5-15)27-14-17(13-21(27)28)22(29)26-20-9-8-19(12-16(20)2)30-23-24-10-3-11-25-23/h3,8-12,15,17-18H,4-7,13-14H2,1-2H3,(H,26,29). The predicted molar refractivity (Wildman–Crippen MR) is 113 cm³/mol. The number of aromatic nitrogens is 2. The van der Waals surface area contributed by atoms with Crippen LogP contribution in [0.15, 0.2) is 36.7 Å². The van der Waals surface area contributed by atoms with Crippen LogP contribution in [0.5, 0.6) is 11.8 Å². The number of benzene rings is 1. The summed E-state index contributed by atoms with van der Waals surface area (Å²) in [4.78, 5) is 35.4. The van der Waals surface area contributed by atoms with E-state index in [0.29, 0.717) is 24.8 Å². The maximum absolute atomic E-state index is 12.8. The molecule has 2 aliphatic rings. The van der Waals surface area contributed by atoms with Crippen LogP contribution in [0, 0.1) is 18.8 Å². The van der Waals surface area contributed by atoms with Gasteiger partial charge in [0.15, 0.2) is 0 Å². The van der Waals surface area contributed by atoms with Gasteiger partial charge in [-0.25, -0.2) is 9.97 Å². The number of likely N-dealkylation sites (tertiary alicyclic amines) is 1. The minimum absolute atomic E-state index is 0.0989. The van der Waals surface area contributed by atoms with Crippen LogP contribution in [0.1, 0.15) is 44.6 Å². The molecule has 4 rings (SSSR count). The Kier molecular flexibility index (Phi) is 5.97. The van der Waals surface area contributed by atoms with Gasteiger partial charge in [0.25, 0.3) is 0 Å². The molecule has 0 spiro atoms. The van der Waals surface area contributed by atoms with E-state index >= 15 is 0 Å². The zero-order chi connectivity index (χ0) is 21.1. The zero-order valence-electron chi connectivity index (χ0n) is 17.5. The first-order valence-electron chi connectivity index (χ1n) is 10.7. The molecule has 7 heteroatoms. The van der Waals surface area contributed by atoms with Crippen LogP contribution in [0.3, 0.4) is 0 Å². The van der Waals surface area contributed by atoms with Crippen LogP contribution in [-0.2, 0) is 9.59 Å². The summed E-state index contributed by atoms with van der Waals surface area (Å²) in [7, 11) is 0. The lowest BCUT2D eigenvalue weighted by molar-refractivity contribution is -0.130. The van der Waals surface area contributed by atoms with E-state index in [1.807, 2.05) is 24.0 Å². The predicted octanol–water partition coefficient (Wildman–Crippen LogP) is 3.94. The minimum Gasteiger partial charge on any atom is -0.424 e. The lowest BCUT2D eigenvalue weighted by Gasteiger charge is -2.33. The van der Waals surface area contributed by atoms with Crippen molar-refractivity contribution in [1.29, 1.82) is 0 Å². The van der Waals surface area contributed by atoms with Crippen LogP contribution >= 0.6 is 0 Å². The fourth-order valence-corrected chi connectivity index (χ4v) is 4.33. The molecule has 30 heavy (non-hydrogen) atoms. The minimum atomic E-state index is -0.301. The third-order valence-electron chi connectivity index (χ3n) is 6.16. The van der Waals surface area contributed by atoms with Gasteiger partial charge in [-0.3, -0.25) is 9.59 Å². The Balaban J connectivity index is 1.36. The fourth-order valence-electron chi connectivity index (χ4n) is 4.33. The van der Waals surface area contributed by atoms with Crippen molar-refractivity contribution in [1.82, 2.24) is 14.9 Å². The van der Waals surface area contributed by atoms with Crippen molar-refractivity contribution >= 4 is 17.5 Å². The summed E-state index contributed by atoms with van der Waals surface area (Å²) in [5.74, 6) is 1.05. The maximum Gasteiger partial charge on any atom is 0.321 e. The second-order valence-corrected chi connectivity index (χ2v) is 8.46. The van der Waals surface area contributed by atoms with Gasteiger partial charge in [-0.05, 0) is 68.4 Å². The highest BCUT2D eigenvalue weighted by molar-refractivity contribution is 5.97. The van der Waals surface area contributed by atoms with E-state index < -0.39 is 0 Å². The number of carbonyl (C=O) groups excluding carboxylic acids is 2. The fraction of sp³-hybridized carbons (Fsp3) is 0.478. The van der Waals surface area contributed by atoms with Crippen molar-refractivity contribution in [2.24, 2.45) is 11.8 Å². The van der Waals surface area contributed by atoms with Gasteiger partial charge < -0.3 is 15.0 Å². The van der Waals surface area contributed by atoms with Gasteiger partial charge in [-0.1, -0.05) is 6.92 Å². The maximum atomic E-state index is 12.8. The van der Waals surface area contributed by atoms with Gasteiger partial charge >= 0.3 is 6.01 Å². The Bertz CT molecular complexity index is 910. The van der Waals surface area contributed by atoms with Gasteiger partial charge in [-0.15, -0.1) is 0 Å². The van der Waals surface area contributed by atoms with Crippen molar-refractivity contribution in [3.63, 3.8) is 0 Å². The smallest absolute Gasteiger partial charge is 0.321 e. The monoisotopic (exact) mass is 408 g/mol. The number of rotatable bonds is 5. The molecule has 0 radical (unpaired) electrons. The Morgan fingerprint density at radius 3 is 2.60 bits per heavy atom. The lowest BCUT2D eigenvalue weighted by atomic mass is 9.87. The third kappa shape index (κ3) is 4.61. The molecule has 158 valence electrons. The Morgan fingerprint density at radius 2 is 1.90 bits per heavy atom. The van der Waals surface area contributed by atoms with Gasteiger partial charge in [0.1, 0.15) is 5.75 Å². The summed E-state index contributed by atoms with van der Waals surface area (Å²) in [6.45, 7) is 4.70. The number of hydrogen-bond acceptors (Lipinski definition) is 5. The first-order valence-corrected chi connectivity index (χ1v) is 10.7. The summed E-state index contributed by atoms with van der Waals surface area (Å²) in [6.07, 6.45) is 7.94. The van der Waals surface area contributed by atoms with Crippen LogP contribution < -0.4 is 10.1 Å². The second-order valence-electron chi connectivity index (χ2n) is 8.46. The molecule has 1 atom stereocenters. The number of aryl methyl sites for hydroxylation is 1. The van der Waals surface area contributed by atoms with E-state index in [9.17, 15) is 9.59 Å². The topological polar surface area (TPSA) is 84.4 Å². The molecular weight excluding hydrogens is 380 g/mol. The molecule has 2 fully saturated rings. The Hall–Kier alpha value is -2.96. The lowest BCUT2D eigenvalue weighted by Crippen LogP contribution is -2.39. The van der Waals surface area contributed by atoms with E-state index in [0.717, 1.165) is 42.9 Å². The molecule has 1 N–H and O–H groups in total. The highest BCUT2D eigenvalue weighted by Gasteiger charge is 2.38. The first kappa shape index (κ1) is 20.3. The molecule has 1 aliphatic carbocycles. The molecule has 2 heterocycles. The molecule has 7 nitrogen and oxygen atoms in total. The second kappa shape index (κ2) is 8.81. The first-order chi connectivity index (χ1) is 14.5. The van der Waals surface area contributed by atoms with E-state index in [1.54, 1.807) is 24.5 Å². The highest BCUT2D eigenvalue weighted by atomic mass is 16.5. The average Bonchev–Trinajstić information content (AvgIpc) is 3.13. The van der Waals surface area contributed by atoms with E-state index in [4.69, 9.17) is 4.74 Å². The molecule has 1 aromatic carbocycles. The molecule has 1 saturated carbocycles. The largest absolute Gasteiger partial charge is 0.424 e. The number of amides is 2. The average molecular weight is 409 g/mol. The van der Waals surface area contributed by atoms with Crippen molar-refractivity contribution in [3.05, 3.63) is 42.2 Å². The third-order valence-corrected chi connectivity index (χ3v) is 6.16. The van der Waals surface area contributed by atoms with Gasteiger partial charge in [0.2, 0.25) is 11.8 Å². The Labute approximate surface area is 176 Å². The molecule has 1 saturated heterocycles. The summed E-state index contributed by atoms with van der Waals surface area (Å²) >= 11 is 0. The van der Waals surface area contributed by atoms with Crippen LogP contribution in [0.4, 0.5) is 5.69 Å². The Morgan fingerprint density at radius 1 is 1.17 bits per heavy atom. The highest BCUT2D eigenvalue weighted by Crippen LogP contribution is 2.32. The number of anilines is 1. The number of hydrogen-bond donors (Lipinski definition) is 1. The number of nitrogens with zero attached hydrogens (tertiary/aromatic N) is 3. The molecule has 0 bridgehead atoms. The summed E-state index contributed by atoms with van der Waals surface area (Å²) in [6, 6.07) is 7.71. The molecular formula is C23H28N4O3. The van der Waals surface area contributed by atoms with Crippen molar-refractivity contribution < 1.29 is 14.3 Å². The molecule has 2 amide bonds. The molecule has 2 aromatic rings. The van der Waals surface area contributed by atoms with E-state index in [-0.39, 0.29) is 23.7 Å². The van der Waals surface area contributed by atoms with Crippen molar-refractivity contribution in [3.8, 4) is 11.8 Å². The van der Waals surface area contributed by atoms with Crippen molar-refractivity contribution in [2.45, 2.75) is 52.0 Å². The van der Waals surface area contributed by atoms with Crippen LogP contribution in [0.2, 0.25) is 0 Å². The quantitative estimate of drug-likeness (QED) is 0.810. The molecule has 1 aliphatic heterocycles. The number of carbonyl (C=O) groups is 2. The summed E-state index contributed by atoms with van der Waals surface area (Å²) in [5.41, 5.74) is 1.60. The molecule has 1 unspecified atom stereocenters. The van der Waals surface area contributed by atoms with Gasteiger partial charge in [0.05, 0.1) is 5.92 Å². The SMILES string of the molecule is Cc1cc(Oc2ncccn2)ccc1NC(=O)C1CC(=O)N(C2CCC(C)CC2)C1.